The lowest BCUT2D eigenvalue weighted by Crippen LogP contribution is -2.14. The third-order valence-electron chi connectivity index (χ3n) is 4.22. The molecule has 2 aromatic heterocycles. The molecule has 0 aliphatic carbocycles. The zero-order valence-corrected chi connectivity index (χ0v) is 17.9. The van der Waals surface area contributed by atoms with Gasteiger partial charge in [0.25, 0.3) is 0 Å². The number of nitrogens with zero attached hydrogens (tertiary/aromatic N) is 3. The van der Waals surface area contributed by atoms with Gasteiger partial charge in [-0.3, -0.25) is 4.79 Å². The predicted octanol–water partition coefficient (Wildman–Crippen LogP) is 5.58. The van der Waals surface area contributed by atoms with Crippen molar-refractivity contribution in [2.45, 2.75) is 11.9 Å². The standard InChI is InChI=1S/C22H16F2N4OS2/c1-13-21(31-22(25-13)14-5-7-15(23)8-6-14)18-9-10-20(28-27-18)30-12-19(29)26-17-4-2-3-16(24)11-17/h2-11H,12H2,1H3,(H,26,29). The normalized spacial score (nSPS) is 10.8. The molecule has 0 atom stereocenters. The van der Waals surface area contributed by atoms with Gasteiger partial charge >= 0.3 is 0 Å². The molecule has 4 aromatic rings. The lowest BCUT2D eigenvalue weighted by atomic mass is 10.2. The van der Waals surface area contributed by atoms with Crippen molar-refractivity contribution in [3.63, 3.8) is 0 Å². The average molecular weight is 455 g/mol. The quantitative estimate of drug-likeness (QED) is 0.385. The van der Waals surface area contributed by atoms with E-state index in [0.717, 1.165) is 21.1 Å². The summed E-state index contributed by atoms with van der Waals surface area (Å²) in [5, 5.41) is 12.5. The number of rotatable bonds is 6. The van der Waals surface area contributed by atoms with Gasteiger partial charge in [-0.1, -0.05) is 17.8 Å². The van der Waals surface area contributed by atoms with Crippen molar-refractivity contribution in [3.8, 4) is 21.1 Å². The Morgan fingerprint density at radius 3 is 2.55 bits per heavy atom. The maximum Gasteiger partial charge on any atom is 0.234 e. The molecule has 156 valence electrons. The van der Waals surface area contributed by atoms with Gasteiger partial charge < -0.3 is 5.32 Å². The summed E-state index contributed by atoms with van der Waals surface area (Å²) in [6.07, 6.45) is 0. The highest BCUT2D eigenvalue weighted by atomic mass is 32.2. The number of nitrogens with one attached hydrogen (secondary N) is 1. The number of amides is 1. The molecule has 31 heavy (non-hydrogen) atoms. The Kier molecular flexibility index (Phi) is 6.34. The van der Waals surface area contributed by atoms with Gasteiger partial charge in [-0.15, -0.1) is 21.5 Å². The molecule has 4 rings (SSSR count). The van der Waals surface area contributed by atoms with Crippen molar-refractivity contribution >= 4 is 34.7 Å². The smallest absolute Gasteiger partial charge is 0.234 e. The van der Waals surface area contributed by atoms with Gasteiger partial charge in [0, 0.05) is 11.3 Å². The fraction of sp³-hybridized carbons (Fsp3) is 0.0909. The van der Waals surface area contributed by atoms with Crippen LogP contribution in [0.4, 0.5) is 14.5 Å². The molecule has 1 amide bonds. The van der Waals surface area contributed by atoms with E-state index in [9.17, 15) is 13.6 Å². The summed E-state index contributed by atoms with van der Waals surface area (Å²) < 4.78 is 26.3. The Morgan fingerprint density at radius 2 is 1.84 bits per heavy atom. The second kappa shape index (κ2) is 9.32. The molecule has 0 saturated heterocycles. The van der Waals surface area contributed by atoms with Crippen LogP contribution in [-0.2, 0) is 4.79 Å². The third-order valence-corrected chi connectivity index (χ3v) is 6.37. The fourth-order valence-electron chi connectivity index (χ4n) is 2.77. The lowest BCUT2D eigenvalue weighted by Gasteiger charge is -2.05. The van der Waals surface area contributed by atoms with Crippen LogP contribution in [0.2, 0.25) is 0 Å². The summed E-state index contributed by atoms with van der Waals surface area (Å²) in [6, 6.07) is 15.5. The highest BCUT2D eigenvalue weighted by Crippen LogP contribution is 2.34. The van der Waals surface area contributed by atoms with Gasteiger partial charge in [0.05, 0.1) is 16.3 Å². The van der Waals surface area contributed by atoms with Crippen molar-refractivity contribution in [2.24, 2.45) is 0 Å². The second-order valence-electron chi connectivity index (χ2n) is 6.54. The molecule has 0 saturated carbocycles. The number of benzene rings is 2. The SMILES string of the molecule is Cc1nc(-c2ccc(F)cc2)sc1-c1ccc(SCC(=O)Nc2cccc(F)c2)nn1. The molecule has 0 spiro atoms. The molecule has 5 nitrogen and oxygen atoms in total. The molecule has 0 aliphatic rings. The molecular weight excluding hydrogens is 438 g/mol. The highest BCUT2D eigenvalue weighted by Gasteiger charge is 2.14. The topological polar surface area (TPSA) is 67.8 Å². The number of aromatic nitrogens is 3. The van der Waals surface area contributed by atoms with E-state index >= 15 is 0 Å². The zero-order chi connectivity index (χ0) is 21.8. The number of hydrogen-bond donors (Lipinski definition) is 1. The Bertz CT molecular complexity index is 1210. The van der Waals surface area contributed by atoms with E-state index in [2.05, 4.69) is 20.5 Å². The molecule has 0 bridgehead atoms. The van der Waals surface area contributed by atoms with Crippen LogP contribution < -0.4 is 5.32 Å². The minimum atomic E-state index is -0.409. The second-order valence-corrected chi connectivity index (χ2v) is 8.54. The Balaban J connectivity index is 1.40. The van der Waals surface area contributed by atoms with Gasteiger partial charge in [0.2, 0.25) is 5.91 Å². The van der Waals surface area contributed by atoms with Crippen molar-refractivity contribution in [1.82, 2.24) is 15.2 Å². The molecule has 0 aliphatic heterocycles. The first-order chi connectivity index (χ1) is 15.0. The summed E-state index contributed by atoms with van der Waals surface area (Å²) in [6.45, 7) is 1.89. The molecule has 1 N–H and O–H groups in total. The van der Waals surface area contributed by atoms with Crippen LogP contribution in [0, 0.1) is 18.6 Å². The first-order valence-corrected chi connectivity index (χ1v) is 11.0. The van der Waals surface area contributed by atoms with E-state index in [-0.39, 0.29) is 17.5 Å². The lowest BCUT2D eigenvalue weighted by molar-refractivity contribution is -0.113. The Labute approximate surface area is 185 Å². The van der Waals surface area contributed by atoms with E-state index in [0.29, 0.717) is 16.4 Å². The summed E-state index contributed by atoms with van der Waals surface area (Å²) in [4.78, 5) is 17.5. The van der Waals surface area contributed by atoms with E-state index in [1.807, 2.05) is 13.0 Å². The van der Waals surface area contributed by atoms with Crippen LogP contribution in [0.1, 0.15) is 5.69 Å². The first kappa shape index (κ1) is 21.1. The number of thiazole rings is 1. The number of thioether (sulfide) groups is 1. The summed E-state index contributed by atoms with van der Waals surface area (Å²) in [5.74, 6) is -0.837. The molecule has 0 unspecified atom stereocenters. The first-order valence-electron chi connectivity index (χ1n) is 9.23. The molecule has 9 heteroatoms. The van der Waals surface area contributed by atoms with E-state index < -0.39 is 5.82 Å². The van der Waals surface area contributed by atoms with Gasteiger partial charge in [-0.05, 0) is 61.5 Å². The molecule has 2 heterocycles. The molecule has 0 radical (unpaired) electrons. The van der Waals surface area contributed by atoms with Gasteiger partial charge in [0.1, 0.15) is 27.4 Å². The largest absolute Gasteiger partial charge is 0.325 e. The number of halogens is 2. The van der Waals surface area contributed by atoms with E-state index in [1.54, 1.807) is 24.3 Å². The van der Waals surface area contributed by atoms with Crippen molar-refractivity contribution in [1.29, 1.82) is 0 Å². The van der Waals surface area contributed by atoms with Crippen LogP contribution in [0.25, 0.3) is 21.1 Å². The zero-order valence-electron chi connectivity index (χ0n) is 16.3. The number of aryl methyl sites for hydroxylation is 1. The number of anilines is 1. The van der Waals surface area contributed by atoms with E-state index in [1.165, 1.54) is 53.4 Å². The summed E-state index contributed by atoms with van der Waals surface area (Å²) in [5.41, 5.74) is 2.74. The van der Waals surface area contributed by atoms with E-state index in [4.69, 9.17) is 0 Å². The van der Waals surface area contributed by atoms with Crippen LogP contribution in [-0.4, -0.2) is 26.8 Å². The highest BCUT2D eigenvalue weighted by molar-refractivity contribution is 7.99. The minimum Gasteiger partial charge on any atom is -0.325 e. The van der Waals surface area contributed by atoms with Gasteiger partial charge in [-0.25, -0.2) is 13.8 Å². The van der Waals surface area contributed by atoms with Gasteiger partial charge in [-0.2, -0.15) is 0 Å². The molecule has 2 aromatic carbocycles. The van der Waals surface area contributed by atoms with Crippen molar-refractivity contribution < 1.29 is 13.6 Å². The molecule has 0 fully saturated rings. The van der Waals surface area contributed by atoms with Crippen LogP contribution in [0.5, 0.6) is 0 Å². The fourth-order valence-corrected chi connectivity index (χ4v) is 4.42. The van der Waals surface area contributed by atoms with Crippen LogP contribution >= 0.6 is 23.1 Å². The Morgan fingerprint density at radius 1 is 1.03 bits per heavy atom. The van der Waals surface area contributed by atoms with Crippen LogP contribution in [0.15, 0.2) is 65.7 Å². The number of hydrogen-bond acceptors (Lipinski definition) is 6. The number of carbonyl (C=O) groups excluding carboxylic acids is 1. The number of carbonyl (C=O) groups is 1. The summed E-state index contributed by atoms with van der Waals surface area (Å²) in [7, 11) is 0. The maximum absolute atomic E-state index is 13.2. The van der Waals surface area contributed by atoms with Crippen molar-refractivity contribution in [3.05, 3.63) is 78.0 Å². The monoisotopic (exact) mass is 454 g/mol. The third kappa shape index (κ3) is 5.31. The Hall–Kier alpha value is -3.17. The molecular formula is C22H16F2N4OS2. The van der Waals surface area contributed by atoms with Crippen LogP contribution in [0.3, 0.4) is 0 Å². The van der Waals surface area contributed by atoms with Gasteiger partial charge in [0.15, 0.2) is 0 Å². The summed E-state index contributed by atoms with van der Waals surface area (Å²) >= 11 is 2.70. The predicted molar refractivity (Wildman–Crippen MR) is 119 cm³/mol. The maximum atomic E-state index is 13.2. The average Bonchev–Trinajstić information content (AvgIpc) is 3.15. The minimum absolute atomic E-state index is 0.124. The van der Waals surface area contributed by atoms with Crippen molar-refractivity contribution in [2.75, 3.05) is 11.1 Å².